The smallest absolute Gasteiger partial charge is 0.175 e. The van der Waals surface area contributed by atoms with Crippen molar-refractivity contribution in [3.63, 3.8) is 0 Å². The number of rotatable bonds is 3. The Balaban J connectivity index is 1.30. The molecule has 1 atom stereocenters. The summed E-state index contributed by atoms with van der Waals surface area (Å²) in [5.41, 5.74) is 6.18. The molecular weight excluding hydrogens is 640 g/mol. The molecule has 0 saturated heterocycles. The predicted molar refractivity (Wildman–Crippen MR) is 215 cm³/mol. The molecule has 0 amide bonds. The fourth-order valence-corrected chi connectivity index (χ4v) is 11.7. The van der Waals surface area contributed by atoms with E-state index in [0.29, 0.717) is 0 Å². The SMILES string of the molecule is O=P1(c2ccccc2)c2ccccc2-n2c(-c3c4ccccc4c(-c4cc5ccccc5c5ccccc45)c4ccccc34)nc3cccc1c32. The number of nitrogens with zero attached hydrogens (tertiary/aromatic N) is 2. The van der Waals surface area contributed by atoms with Gasteiger partial charge in [0.05, 0.1) is 16.7 Å². The molecule has 1 aliphatic heterocycles. The molecule has 238 valence electrons. The molecule has 0 radical (unpaired) electrons. The van der Waals surface area contributed by atoms with E-state index in [1.165, 1.54) is 43.4 Å². The molecule has 9 aromatic carbocycles. The molecule has 0 aliphatic carbocycles. The average Bonchev–Trinajstić information content (AvgIpc) is 3.59. The van der Waals surface area contributed by atoms with Gasteiger partial charge in [0, 0.05) is 21.5 Å². The van der Waals surface area contributed by atoms with Gasteiger partial charge < -0.3 is 4.57 Å². The van der Waals surface area contributed by atoms with E-state index in [-0.39, 0.29) is 0 Å². The zero-order valence-electron chi connectivity index (χ0n) is 27.5. The Morgan fingerprint density at radius 2 is 1.00 bits per heavy atom. The van der Waals surface area contributed by atoms with Crippen LogP contribution in [-0.2, 0) is 4.57 Å². The van der Waals surface area contributed by atoms with Crippen LogP contribution in [0.15, 0.2) is 176 Å². The topological polar surface area (TPSA) is 34.9 Å². The van der Waals surface area contributed by atoms with Crippen LogP contribution >= 0.6 is 7.14 Å². The number of hydrogen-bond acceptors (Lipinski definition) is 2. The molecule has 4 heteroatoms. The van der Waals surface area contributed by atoms with Crippen LogP contribution in [0.25, 0.3) is 82.3 Å². The first-order valence-electron chi connectivity index (χ1n) is 17.3. The number of aromatic nitrogens is 2. The summed E-state index contributed by atoms with van der Waals surface area (Å²) < 4.78 is 17.9. The van der Waals surface area contributed by atoms with E-state index in [1.807, 2.05) is 60.7 Å². The largest absolute Gasteiger partial charge is 0.308 e. The number of benzene rings is 9. The first-order chi connectivity index (χ1) is 25.2. The molecule has 10 aromatic rings. The Bertz CT molecular complexity index is 3070. The summed E-state index contributed by atoms with van der Waals surface area (Å²) >= 11 is 0. The Hall–Kier alpha value is -6.28. The minimum atomic E-state index is -3.19. The van der Waals surface area contributed by atoms with Gasteiger partial charge in [0.1, 0.15) is 5.82 Å². The van der Waals surface area contributed by atoms with Crippen molar-refractivity contribution in [2.45, 2.75) is 0 Å². The summed E-state index contributed by atoms with van der Waals surface area (Å²) in [6.07, 6.45) is 0. The molecule has 1 aliphatic rings. The quantitative estimate of drug-likeness (QED) is 0.107. The predicted octanol–water partition coefficient (Wildman–Crippen LogP) is 10.9. The van der Waals surface area contributed by atoms with E-state index in [0.717, 1.165) is 54.8 Å². The molecule has 3 nitrogen and oxygen atoms in total. The molecule has 1 aromatic heterocycles. The van der Waals surface area contributed by atoms with Gasteiger partial charge in [0.25, 0.3) is 0 Å². The number of hydrogen-bond donors (Lipinski definition) is 0. The molecule has 0 fully saturated rings. The maximum Gasteiger partial charge on any atom is 0.175 e. The van der Waals surface area contributed by atoms with Gasteiger partial charge in [-0.05, 0) is 84.5 Å². The minimum absolute atomic E-state index is 0.830. The third kappa shape index (κ3) is 3.84. The fourth-order valence-electron chi connectivity index (χ4n) is 8.65. The Kier molecular flexibility index (Phi) is 5.94. The highest BCUT2D eigenvalue weighted by atomic mass is 31.2. The zero-order chi connectivity index (χ0) is 33.7. The van der Waals surface area contributed by atoms with Gasteiger partial charge in [0.2, 0.25) is 0 Å². The van der Waals surface area contributed by atoms with Gasteiger partial charge in [-0.1, -0.05) is 146 Å². The lowest BCUT2D eigenvalue weighted by Crippen LogP contribution is -2.32. The monoisotopic (exact) mass is 668 g/mol. The molecule has 0 saturated carbocycles. The van der Waals surface area contributed by atoms with Crippen LogP contribution in [0.3, 0.4) is 0 Å². The van der Waals surface area contributed by atoms with Crippen LogP contribution in [0.5, 0.6) is 0 Å². The summed E-state index contributed by atoms with van der Waals surface area (Å²) in [5, 5.41) is 12.1. The summed E-state index contributed by atoms with van der Waals surface area (Å²) in [4.78, 5) is 5.45. The van der Waals surface area contributed by atoms with Crippen LogP contribution in [-0.4, -0.2) is 9.55 Å². The molecule has 0 N–H and O–H groups in total. The van der Waals surface area contributed by atoms with Crippen molar-refractivity contribution in [2.75, 3.05) is 0 Å². The van der Waals surface area contributed by atoms with Gasteiger partial charge in [-0.2, -0.15) is 0 Å². The second-order valence-electron chi connectivity index (χ2n) is 13.4. The average molecular weight is 669 g/mol. The van der Waals surface area contributed by atoms with Crippen LogP contribution in [0, 0.1) is 0 Å². The second kappa shape index (κ2) is 10.6. The molecular formula is C47H29N2OP. The standard InChI is InChI=1S/C47H29N2OP/c50-51(31-16-2-1-3-17-31)42-27-13-12-26-41(42)49-46-40(25-14-28-43(46)51)48-47(49)45-37-23-10-8-21-35(37)44(36-22-9-11-24-38(36)45)39-29-30-15-4-5-18-32(30)33-19-6-7-20-34(33)39/h1-29H. The third-order valence-corrected chi connectivity index (χ3v) is 13.9. The van der Waals surface area contributed by atoms with Crippen LogP contribution in [0.1, 0.15) is 0 Å². The molecule has 2 heterocycles. The van der Waals surface area contributed by atoms with Gasteiger partial charge in [-0.3, -0.25) is 4.57 Å². The van der Waals surface area contributed by atoms with E-state index < -0.39 is 7.14 Å². The summed E-state index contributed by atoms with van der Waals surface area (Å²) in [7, 11) is -3.19. The zero-order valence-corrected chi connectivity index (χ0v) is 28.4. The third-order valence-electron chi connectivity index (χ3n) is 10.8. The maximum atomic E-state index is 15.6. The highest BCUT2D eigenvalue weighted by Gasteiger charge is 2.40. The highest BCUT2D eigenvalue weighted by Crippen LogP contribution is 2.52. The lowest BCUT2D eigenvalue weighted by atomic mass is 9.85. The van der Waals surface area contributed by atoms with Gasteiger partial charge in [-0.25, -0.2) is 4.98 Å². The van der Waals surface area contributed by atoms with Gasteiger partial charge in [-0.15, -0.1) is 0 Å². The summed E-state index contributed by atoms with van der Waals surface area (Å²) in [6.45, 7) is 0. The molecule has 0 bridgehead atoms. The van der Waals surface area contributed by atoms with E-state index in [2.05, 4.69) is 120 Å². The van der Waals surface area contributed by atoms with E-state index in [9.17, 15) is 0 Å². The fraction of sp³-hybridized carbons (Fsp3) is 0. The van der Waals surface area contributed by atoms with E-state index in [1.54, 1.807) is 0 Å². The first-order valence-corrected chi connectivity index (χ1v) is 19.0. The molecule has 0 spiro atoms. The Morgan fingerprint density at radius 3 is 1.73 bits per heavy atom. The van der Waals surface area contributed by atoms with E-state index >= 15 is 4.57 Å². The number of imidazole rings is 1. The Labute approximate surface area is 294 Å². The second-order valence-corrected chi connectivity index (χ2v) is 16.1. The normalized spacial score (nSPS) is 15.2. The number of para-hydroxylation sites is 2. The Morgan fingerprint density at radius 1 is 0.451 bits per heavy atom. The van der Waals surface area contributed by atoms with Gasteiger partial charge >= 0.3 is 0 Å². The van der Waals surface area contributed by atoms with Crippen molar-refractivity contribution in [2.24, 2.45) is 0 Å². The van der Waals surface area contributed by atoms with Crippen molar-refractivity contribution in [1.82, 2.24) is 9.55 Å². The maximum absolute atomic E-state index is 15.6. The lowest BCUT2D eigenvalue weighted by molar-refractivity contribution is 0.592. The van der Waals surface area contributed by atoms with Gasteiger partial charge in [0.15, 0.2) is 7.14 Å². The molecule has 51 heavy (non-hydrogen) atoms. The van der Waals surface area contributed by atoms with E-state index in [4.69, 9.17) is 4.98 Å². The first kappa shape index (κ1) is 28.5. The lowest BCUT2D eigenvalue weighted by Gasteiger charge is -2.29. The molecule has 1 unspecified atom stereocenters. The van der Waals surface area contributed by atoms with Crippen molar-refractivity contribution < 1.29 is 4.57 Å². The van der Waals surface area contributed by atoms with Crippen molar-refractivity contribution in [3.8, 4) is 28.2 Å². The molecule has 11 rings (SSSR count). The van der Waals surface area contributed by atoms with Crippen LogP contribution < -0.4 is 15.9 Å². The van der Waals surface area contributed by atoms with Crippen molar-refractivity contribution >= 4 is 77.2 Å². The van der Waals surface area contributed by atoms with Crippen LogP contribution in [0.4, 0.5) is 0 Å². The summed E-state index contributed by atoms with van der Waals surface area (Å²) in [5.74, 6) is 0.853. The minimum Gasteiger partial charge on any atom is -0.308 e. The van der Waals surface area contributed by atoms with Crippen molar-refractivity contribution in [1.29, 1.82) is 0 Å². The number of fused-ring (bicyclic) bond motifs is 7. The van der Waals surface area contributed by atoms with Crippen molar-refractivity contribution in [3.05, 3.63) is 176 Å². The summed E-state index contributed by atoms with van der Waals surface area (Å²) in [6, 6.07) is 61.6. The van der Waals surface area contributed by atoms with Crippen LogP contribution in [0.2, 0.25) is 0 Å². The highest BCUT2D eigenvalue weighted by molar-refractivity contribution is 7.86.